The summed E-state index contributed by atoms with van der Waals surface area (Å²) in [5.74, 6) is 0.543. The van der Waals surface area contributed by atoms with E-state index in [1.807, 2.05) is 0 Å². The number of aromatic hydroxyl groups is 1. The van der Waals surface area contributed by atoms with Crippen LogP contribution in [0.4, 0.5) is 0 Å². The van der Waals surface area contributed by atoms with Crippen LogP contribution in [0.1, 0.15) is 30.9 Å². The van der Waals surface area contributed by atoms with E-state index >= 15 is 0 Å². The van der Waals surface area contributed by atoms with Gasteiger partial charge in [-0.05, 0) is 30.9 Å². The molecule has 1 aromatic carbocycles. The number of rotatable bonds is 2. The molecule has 2 nitrogen and oxygen atoms in total. The van der Waals surface area contributed by atoms with Crippen molar-refractivity contribution in [2.24, 2.45) is 11.7 Å². The van der Waals surface area contributed by atoms with Crippen molar-refractivity contribution in [3.63, 3.8) is 0 Å². The molecule has 82 valence electrons. The minimum Gasteiger partial charge on any atom is -0.508 e. The van der Waals surface area contributed by atoms with Crippen LogP contribution < -0.4 is 5.73 Å². The first kappa shape index (κ1) is 11.1. The highest BCUT2D eigenvalue weighted by Gasteiger charge is 2.28. The Kier molecular flexibility index (Phi) is 3.10. The molecule has 0 aromatic heterocycles. The van der Waals surface area contributed by atoms with E-state index in [2.05, 4.69) is 0 Å². The molecule has 0 amide bonds. The molecular weight excluding hydrogens is 233 g/mol. The third kappa shape index (κ3) is 2.07. The van der Waals surface area contributed by atoms with Crippen LogP contribution in [-0.2, 0) is 0 Å². The fraction of sp³-hybridized carbons (Fsp3) is 0.455. The van der Waals surface area contributed by atoms with Crippen molar-refractivity contribution >= 4 is 23.2 Å². The summed E-state index contributed by atoms with van der Waals surface area (Å²) in [6.45, 7) is 0. The van der Waals surface area contributed by atoms with Gasteiger partial charge in [0.1, 0.15) is 5.75 Å². The number of phenolic OH excluding ortho intramolecular Hbond substituents is 1. The average molecular weight is 246 g/mol. The zero-order valence-corrected chi connectivity index (χ0v) is 9.72. The normalized spacial score (nSPS) is 18.6. The van der Waals surface area contributed by atoms with Crippen molar-refractivity contribution in [2.45, 2.75) is 25.3 Å². The summed E-state index contributed by atoms with van der Waals surface area (Å²) in [5, 5.41) is 10.7. The van der Waals surface area contributed by atoms with Crippen molar-refractivity contribution in [3.8, 4) is 5.75 Å². The van der Waals surface area contributed by atoms with Gasteiger partial charge in [0.05, 0.1) is 5.02 Å². The SMILES string of the molecule is N[C@@H](c1c(O)cc(Cl)cc1Cl)C1CCC1. The Labute approximate surface area is 99.0 Å². The standard InChI is InChI=1S/C11H13Cl2NO/c12-7-4-8(13)10(9(15)5-7)11(14)6-2-1-3-6/h4-6,11,15H,1-3,14H2/t11-/m1/s1. The molecule has 3 N–H and O–H groups in total. The molecule has 0 aliphatic heterocycles. The lowest BCUT2D eigenvalue weighted by atomic mass is 9.77. The molecule has 1 aliphatic rings. The first-order chi connectivity index (χ1) is 7.09. The van der Waals surface area contributed by atoms with Crippen LogP contribution in [0, 0.1) is 5.92 Å². The summed E-state index contributed by atoms with van der Waals surface area (Å²) >= 11 is 11.8. The van der Waals surface area contributed by atoms with E-state index in [9.17, 15) is 5.11 Å². The van der Waals surface area contributed by atoms with E-state index in [1.165, 1.54) is 12.5 Å². The molecule has 0 radical (unpaired) electrons. The van der Waals surface area contributed by atoms with Gasteiger partial charge < -0.3 is 10.8 Å². The summed E-state index contributed by atoms with van der Waals surface area (Å²) in [7, 11) is 0. The van der Waals surface area contributed by atoms with Crippen LogP contribution in [0.2, 0.25) is 10.0 Å². The Bertz CT molecular complexity index is 354. The molecule has 1 saturated carbocycles. The van der Waals surface area contributed by atoms with Crippen LogP contribution in [0.5, 0.6) is 5.75 Å². The fourth-order valence-electron chi connectivity index (χ4n) is 1.94. The second-order valence-electron chi connectivity index (χ2n) is 4.04. The molecule has 0 spiro atoms. The van der Waals surface area contributed by atoms with Crippen molar-refractivity contribution in [1.82, 2.24) is 0 Å². The van der Waals surface area contributed by atoms with E-state index in [0.717, 1.165) is 12.8 Å². The fourth-order valence-corrected chi connectivity index (χ4v) is 2.54. The second kappa shape index (κ2) is 4.20. The largest absolute Gasteiger partial charge is 0.508 e. The molecule has 15 heavy (non-hydrogen) atoms. The molecule has 1 aliphatic carbocycles. The molecule has 0 bridgehead atoms. The smallest absolute Gasteiger partial charge is 0.123 e. The number of hydrogen-bond donors (Lipinski definition) is 2. The van der Waals surface area contributed by atoms with Crippen LogP contribution in [0.15, 0.2) is 12.1 Å². The molecule has 1 atom stereocenters. The van der Waals surface area contributed by atoms with Crippen LogP contribution in [0.3, 0.4) is 0 Å². The van der Waals surface area contributed by atoms with Gasteiger partial charge in [0.25, 0.3) is 0 Å². The lowest BCUT2D eigenvalue weighted by Gasteiger charge is -2.32. The highest BCUT2D eigenvalue weighted by molar-refractivity contribution is 6.35. The highest BCUT2D eigenvalue weighted by Crippen LogP contribution is 2.42. The lowest BCUT2D eigenvalue weighted by Crippen LogP contribution is -2.27. The van der Waals surface area contributed by atoms with Gasteiger partial charge in [-0.3, -0.25) is 0 Å². The van der Waals surface area contributed by atoms with Gasteiger partial charge in [-0.25, -0.2) is 0 Å². The molecular formula is C11H13Cl2NO. The van der Waals surface area contributed by atoms with Crippen molar-refractivity contribution in [3.05, 3.63) is 27.7 Å². The summed E-state index contributed by atoms with van der Waals surface area (Å²) in [4.78, 5) is 0. The summed E-state index contributed by atoms with van der Waals surface area (Å²) in [5.41, 5.74) is 6.69. The summed E-state index contributed by atoms with van der Waals surface area (Å²) < 4.78 is 0. The predicted molar refractivity (Wildman–Crippen MR) is 62.4 cm³/mol. The summed E-state index contributed by atoms with van der Waals surface area (Å²) in [6.07, 6.45) is 3.43. The third-order valence-corrected chi connectivity index (χ3v) is 3.59. The lowest BCUT2D eigenvalue weighted by molar-refractivity contribution is 0.260. The minimum absolute atomic E-state index is 0.104. The maximum atomic E-state index is 9.76. The van der Waals surface area contributed by atoms with Gasteiger partial charge in [-0.1, -0.05) is 29.6 Å². The Hall–Kier alpha value is -0.440. The highest BCUT2D eigenvalue weighted by atomic mass is 35.5. The first-order valence-electron chi connectivity index (χ1n) is 5.03. The molecule has 1 aromatic rings. The zero-order chi connectivity index (χ0) is 11.0. The Morgan fingerprint density at radius 1 is 1.33 bits per heavy atom. The van der Waals surface area contributed by atoms with Crippen LogP contribution >= 0.6 is 23.2 Å². The van der Waals surface area contributed by atoms with Gasteiger partial charge in [0.2, 0.25) is 0 Å². The Morgan fingerprint density at radius 2 is 2.00 bits per heavy atom. The van der Waals surface area contributed by atoms with Crippen LogP contribution in [-0.4, -0.2) is 5.11 Å². The number of halogens is 2. The number of nitrogens with two attached hydrogens (primary N) is 1. The van der Waals surface area contributed by atoms with E-state index in [1.54, 1.807) is 6.07 Å². The quantitative estimate of drug-likeness (QED) is 0.838. The van der Waals surface area contributed by atoms with Crippen molar-refractivity contribution in [2.75, 3.05) is 0 Å². The monoisotopic (exact) mass is 245 g/mol. The molecule has 1 fully saturated rings. The molecule has 0 heterocycles. The van der Waals surface area contributed by atoms with Gasteiger partial charge in [0, 0.05) is 16.6 Å². The molecule has 0 unspecified atom stereocenters. The van der Waals surface area contributed by atoms with Crippen molar-refractivity contribution in [1.29, 1.82) is 0 Å². The second-order valence-corrected chi connectivity index (χ2v) is 4.88. The average Bonchev–Trinajstić information content (AvgIpc) is 1.97. The molecule has 0 saturated heterocycles. The van der Waals surface area contributed by atoms with Gasteiger partial charge in [-0.2, -0.15) is 0 Å². The number of hydrogen-bond acceptors (Lipinski definition) is 2. The molecule has 4 heteroatoms. The third-order valence-electron chi connectivity index (χ3n) is 3.06. The maximum Gasteiger partial charge on any atom is 0.123 e. The maximum absolute atomic E-state index is 9.76. The van der Waals surface area contributed by atoms with Crippen LogP contribution in [0.25, 0.3) is 0 Å². The number of phenols is 1. The van der Waals surface area contributed by atoms with Gasteiger partial charge >= 0.3 is 0 Å². The Morgan fingerprint density at radius 3 is 2.47 bits per heavy atom. The Balaban J connectivity index is 2.33. The first-order valence-corrected chi connectivity index (χ1v) is 5.78. The number of benzene rings is 1. The molecule has 2 rings (SSSR count). The summed E-state index contributed by atoms with van der Waals surface area (Å²) in [6, 6.07) is 2.93. The zero-order valence-electron chi connectivity index (χ0n) is 8.21. The van der Waals surface area contributed by atoms with E-state index < -0.39 is 0 Å². The van der Waals surface area contributed by atoms with Gasteiger partial charge in [-0.15, -0.1) is 0 Å². The predicted octanol–water partition coefficient (Wildman–Crippen LogP) is 3.50. The van der Waals surface area contributed by atoms with E-state index in [0.29, 0.717) is 21.5 Å². The minimum atomic E-state index is -0.177. The van der Waals surface area contributed by atoms with Crippen molar-refractivity contribution < 1.29 is 5.11 Å². The topological polar surface area (TPSA) is 46.2 Å². The van der Waals surface area contributed by atoms with E-state index in [-0.39, 0.29) is 11.8 Å². The van der Waals surface area contributed by atoms with Gasteiger partial charge in [0.15, 0.2) is 0 Å². The van der Waals surface area contributed by atoms with E-state index in [4.69, 9.17) is 28.9 Å².